The lowest BCUT2D eigenvalue weighted by Gasteiger charge is -2.01. The fourth-order valence-electron chi connectivity index (χ4n) is 1.83. The standard InChI is InChI=1S/C12H13N5/c1-16-9-11(8-14-16)13-6-10-7-15-17-5-3-2-4-12(10)17/h2-5,7-9,13H,6H2,1H3. The van der Waals surface area contributed by atoms with Gasteiger partial charge in [0.05, 0.1) is 23.6 Å². The van der Waals surface area contributed by atoms with Gasteiger partial charge in [0.2, 0.25) is 0 Å². The Morgan fingerprint density at radius 2 is 2.18 bits per heavy atom. The monoisotopic (exact) mass is 227 g/mol. The fraction of sp³-hybridized carbons (Fsp3) is 0.167. The van der Waals surface area contributed by atoms with Crippen molar-refractivity contribution in [3.63, 3.8) is 0 Å². The Labute approximate surface area is 98.7 Å². The number of nitrogens with one attached hydrogen (secondary N) is 1. The Balaban J connectivity index is 1.81. The van der Waals surface area contributed by atoms with E-state index in [1.165, 1.54) is 5.56 Å². The van der Waals surface area contributed by atoms with Gasteiger partial charge in [-0.2, -0.15) is 10.2 Å². The topological polar surface area (TPSA) is 47.2 Å². The average Bonchev–Trinajstić information content (AvgIpc) is 2.93. The number of fused-ring (bicyclic) bond motifs is 1. The maximum Gasteiger partial charge on any atom is 0.0729 e. The Kier molecular flexibility index (Phi) is 2.29. The minimum Gasteiger partial charge on any atom is -0.378 e. The third kappa shape index (κ3) is 1.87. The third-order valence-electron chi connectivity index (χ3n) is 2.69. The van der Waals surface area contributed by atoms with Crippen molar-refractivity contribution in [1.82, 2.24) is 19.4 Å². The normalized spacial score (nSPS) is 10.9. The SMILES string of the molecule is Cn1cc(NCc2cnn3ccccc23)cn1. The van der Waals surface area contributed by atoms with Crippen LogP contribution in [0, 0.1) is 0 Å². The second-order valence-corrected chi connectivity index (χ2v) is 3.96. The first-order valence-corrected chi connectivity index (χ1v) is 5.47. The Morgan fingerprint density at radius 3 is 3.00 bits per heavy atom. The molecule has 0 aliphatic heterocycles. The van der Waals surface area contributed by atoms with Crippen LogP contribution < -0.4 is 5.32 Å². The maximum atomic E-state index is 4.29. The first kappa shape index (κ1) is 9.89. The van der Waals surface area contributed by atoms with E-state index in [9.17, 15) is 0 Å². The van der Waals surface area contributed by atoms with E-state index in [0.29, 0.717) is 0 Å². The molecular weight excluding hydrogens is 214 g/mol. The van der Waals surface area contributed by atoms with Crippen molar-refractivity contribution in [2.24, 2.45) is 7.05 Å². The Hall–Kier alpha value is -2.30. The quantitative estimate of drug-likeness (QED) is 0.740. The number of pyridine rings is 1. The lowest BCUT2D eigenvalue weighted by Crippen LogP contribution is -1.98. The molecule has 0 bridgehead atoms. The molecule has 3 rings (SSSR count). The molecule has 3 aromatic rings. The summed E-state index contributed by atoms with van der Waals surface area (Å²) in [4.78, 5) is 0. The molecule has 5 heteroatoms. The Morgan fingerprint density at radius 1 is 1.24 bits per heavy atom. The molecule has 0 saturated carbocycles. The van der Waals surface area contributed by atoms with Crippen molar-refractivity contribution in [2.45, 2.75) is 6.54 Å². The summed E-state index contributed by atoms with van der Waals surface area (Å²) in [5.41, 5.74) is 3.32. The molecule has 0 aromatic carbocycles. The average molecular weight is 227 g/mol. The fourth-order valence-corrected chi connectivity index (χ4v) is 1.83. The van der Waals surface area contributed by atoms with E-state index in [4.69, 9.17) is 0 Å². The third-order valence-corrected chi connectivity index (χ3v) is 2.69. The van der Waals surface area contributed by atoms with E-state index in [2.05, 4.69) is 21.6 Å². The minimum atomic E-state index is 0.749. The molecule has 0 aliphatic rings. The summed E-state index contributed by atoms with van der Waals surface area (Å²) in [6.45, 7) is 0.749. The molecule has 17 heavy (non-hydrogen) atoms. The van der Waals surface area contributed by atoms with E-state index >= 15 is 0 Å². The molecule has 0 atom stereocenters. The van der Waals surface area contributed by atoms with Crippen LogP contribution in [0.1, 0.15) is 5.56 Å². The highest BCUT2D eigenvalue weighted by atomic mass is 15.3. The van der Waals surface area contributed by atoms with Crippen molar-refractivity contribution in [3.05, 3.63) is 48.5 Å². The summed E-state index contributed by atoms with van der Waals surface area (Å²) in [5.74, 6) is 0. The smallest absolute Gasteiger partial charge is 0.0729 e. The highest BCUT2D eigenvalue weighted by molar-refractivity contribution is 5.54. The molecule has 0 fully saturated rings. The zero-order valence-corrected chi connectivity index (χ0v) is 9.54. The van der Waals surface area contributed by atoms with Crippen LogP contribution in [-0.2, 0) is 13.6 Å². The van der Waals surface area contributed by atoms with Crippen LogP contribution in [0.15, 0.2) is 43.0 Å². The van der Waals surface area contributed by atoms with Crippen LogP contribution in [0.3, 0.4) is 0 Å². The molecule has 0 amide bonds. The number of anilines is 1. The highest BCUT2D eigenvalue weighted by Gasteiger charge is 2.03. The van der Waals surface area contributed by atoms with Gasteiger partial charge in [0.15, 0.2) is 0 Å². The van der Waals surface area contributed by atoms with Crippen LogP contribution in [-0.4, -0.2) is 19.4 Å². The molecule has 3 aromatic heterocycles. The largest absolute Gasteiger partial charge is 0.378 e. The highest BCUT2D eigenvalue weighted by Crippen LogP contribution is 2.12. The molecule has 0 unspecified atom stereocenters. The van der Waals surface area contributed by atoms with E-state index in [-0.39, 0.29) is 0 Å². The summed E-state index contributed by atoms with van der Waals surface area (Å²) >= 11 is 0. The van der Waals surface area contributed by atoms with Crippen molar-refractivity contribution in [2.75, 3.05) is 5.32 Å². The predicted octanol–water partition coefficient (Wildman–Crippen LogP) is 1.68. The number of aryl methyl sites for hydroxylation is 1. The number of nitrogens with zero attached hydrogens (tertiary/aromatic N) is 4. The van der Waals surface area contributed by atoms with Gasteiger partial charge in [-0.25, -0.2) is 4.52 Å². The minimum absolute atomic E-state index is 0.749. The zero-order valence-electron chi connectivity index (χ0n) is 9.54. The Bertz CT molecular complexity index is 637. The molecule has 0 spiro atoms. The second-order valence-electron chi connectivity index (χ2n) is 3.96. The molecule has 86 valence electrons. The van der Waals surface area contributed by atoms with E-state index in [0.717, 1.165) is 17.7 Å². The van der Waals surface area contributed by atoms with Gasteiger partial charge in [0.1, 0.15) is 0 Å². The molecule has 0 aliphatic carbocycles. The van der Waals surface area contributed by atoms with Gasteiger partial charge in [-0.1, -0.05) is 6.07 Å². The van der Waals surface area contributed by atoms with E-state index in [1.807, 2.05) is 48.5 Å². The summed E-state index contributed by atoms with van der Waals surface area (Å²) in [6, 6.07) is 6.05. The van der Waals surface area contributed by atoms with Crippen LogP contribution in [0.5, 0.6) is 0 Å². The maximum absolute atomic E-state index is 4.29. The molecule has 0 radical (unpaired) electrons. The first-order valence-electron chi connectivity index (χ1n) is 5.47. The van der Waals surface area contributed by atoms with Crippen molar-refractivity contribution in [3.8, 4) is 0 Å². The van der Waals surface area contributed by atoms with Gasteiger partial charge in [0, 0.05) is 31.5 Å². The summed E-state index contributed by atoms with van der Waals surface area (Å²) in [6.07, 6.45) is 7.60. The lowest BCUT2D eigenvalue weighted by atomic mass is 10.2. The van der Waals surface area contributed by atoms with E-state index < -0.39 is 0 Å². The van der Waals surface area contributed by atoms with Crippen LogP contribution in [0.2, 0.25) is 0 Å². The number of rotatable bonds is 3. The summed E-state index contributed by atoms with van der Waals surface area (Å²) in [7, 11) is 1.90. The predicted molar refractivity (Wildman–Crippen MR) is 65.7 cm³/mol. The number of hydrogen-bond acceptors (Lipinski definition) is 3. The second kappa shape index (κ2) is 3.93. The molecular formula is C12H13N5. The zero-order chi connectivity index (χ0) is 11.7. The summed E-state index contributed by atoms with van der Waals surface area (Å²) < 4.78 is 3.65. The first-order chi connectivity index (χ1) is 8.33. The number of hydrogen-bond donors (Lipinski definition) is 1. The van der Waals surface area contributed by atoms with Crippen LogP contribution in [0.4, 0.5) is 5.69 Å². The van der Waals surface area contributed by atoms with Crippen molar-refractivity contribution in [1.29, 1.82) is 0 Å². The van der Waals surface area contributed by atoms with Gasteiger partial charge in [-0.05, 0) is 12.1 Å². The van der Waals surface area contributed by atoms with Gasteiger partial charge in [0.25, 0.3) is 0 Å². The van der Waals surface area contributed by atoms with Crippen molar-refractivity contribution >= 4 is 11.2 Å². The van der Waals surface area contributed by atoms with Gasteiger partial charge in [-0.15, -0.1) is 0 Å². The molecule has 1 N–H and O–H groups in total. The van der Waals surface area contributed by atoms with Gasteiger partial charge in [-0.3, -0.25) is 4.68 Å². The molecule has 0 saturated heterocycles. The van der Waals surface area contributed by atoms with E-state index in [1.54, 1.807) is 4.68 Å². The molecule has 5 nitrogen and oxygen atoms in total. The lowest BCUT2D eigenvalue weighted by molar-refractivity contribution is 0.768. The molecule has 3 heterocycles. The summed E-state index contributed by atoms with van der Waals surface area (Å²) in [5, 5.41) is 11.7. The van der Waals surface area contributed by atoms with Gasteiger partial charge >= 0.3 is 0 Å². The van der Waals surface area contributed by atoms with Crippen LogP contribution in [0.25, 0.3) is 5.52 Å². The van der Waals surface area contributed by atoms with Crippen LogP contribution >= 0.6 is 0 Å². The van der Waals surface area contributed by atoms with Gasteiger partial charge < -0.3 is 5.32 Å². The number of aromatic nitrogens is 4. The van der Waals surface area contributed by atoms with Crippen molar-refractivity contribution < 1.29 is 0 Å².